The third kappa shape index (κ3) is 2.99. The van der Waals surface area contributed by atoms with Crippen molar-refractivity contribution >= 4 is 34.6 Å². The lowest BCUT2D eigenvalue weighted by Crippen LogP contribution is -2.45. The molecule has 2 N–H and O–H groups in total. The van der Waals surface area contributed by atoms with Gasteiger partial charge in [-0.25, -0.2) is 0 Å². The Morgan fingerprint density at radius 3 is 2.79 bits per heavy atom. The molecular weight excluding hydrogens is 382 g/mol. The molecule has 1 aromatic carbocycles. The summed E-state index contributed by atoms with van der Waals surface area (Å²) in [5.41, 5.74) is 2.34. The van der Waals surface area contributed by atoms with Crippen molar-refractivity contribution in [1.82, 2.24) is 30.5 Å². The van der Waals surface area contributed by atoms with Gasteiger partial charge in [0.15, 0.2) is 0 Å². The zero-order chi connectivity index (χ0) is 19.3. The van der Waals surface area contributed by atoms with E-state index in [0.717, 1.165) is 25.9 Å². The van der Waals surface area contributed by atoms with Crippen LogP contribution in [0.2, 0.25) is 5.02 Å². The van der Waals surface area contributed by atoms with Gasteiger partial charge in [0.25, 0.3) is 5.89 Å². The van der Waals surface area contributed by atoms with Crippen molar-refractivity contribution in [3.05, 3.63) is 17.2 Å². The Hall–Kier alpha value is -2.68. The first-order chi connectivity index (χ1) is 13.5. The summed E-state index contributed by atoms with van der Waals surface area (Å²) in [5.74, 6) is 0.283. The predicted octanol–water partition coefficient (Wildman–Crippen LogP) is 2.86. The molecular formula is C18H20ClN7O2. The molecule has 9 nitrogen and oxygen atoms in total. The molecule has 146 valence electrons. The van der Waals surface area contributed by atoms with Crippen molar-refractivity contribution < 1.29 is 9.21 Å². The number of amides is 1. The van der Waals surface area contributed by atoms with E-state index in [-0.39, 0.29) is 17.8 Å². The number of hydrogen-bond acceptors (Lipinski definition) is 7. The lowest BCUT2D eigenvalue weighted by molar-refractivity contribution is -0.133. The molecule has 2 aliphatic rings. The maximum atomic E-state index is 12.7. The molecule has 1 amide bonds. The molecule has 2 aromatic heterocycles. The van der Waals surface area contributed by atoms with E-state index in [4.69, 9.17) is 16.0 Å². The molecule has 28 heavy (non-hydrogen) atoms. The first-order valence-corrected chi connectivity index (χ1v) is 9.81. The number of fused-ring (bicyclic) bond motifs is 1. The summed E-state index contributed by atoms with van der Waals surface area (Å²) in [6.45, 7) is 3.45. The lowest BCUT2D eigenvalue weighted by atomic mass is 9.93. The normalized spacial score (nSPS) is 19.1. The van der Waals surface area contributed by atoms with Gasteiger partial charge in [-0.15, -0.1) is 10.2 Å². The minimum Gasteiger partial charge on any atom is -0.403 e. The summed E-state index contributed by atoms with van der Waals surface area (Å²) >= 11 is 6.31. The summed E-state index contributed by atoms with van der Waals surface area (Å²) in [6, 6.07) is 3.17. The standard InChI is InChI=1S/C18H20ClN7O2/c1-10(16(27)26-8-6-18(4-5-18)7-9-26)20-17-24-23-15(28-17)13-11(19)2-3-12-14(13)22-25-21-12/h2-3,10H,4-9H2,1H3,(H,20,24)(H,21,22,25)/t10-/m1/s1. The molecule has 0 radical (unpaired) electrons. The maximum absolute atomic E-state index is 12.7. The number of halogens is 1. The monoisotopic (exact) mass is 401 g/mol. The van der Waals surface area contributed by atoms with Crippen LogP contribution < -0.4 is 5.32 Å². The Morgan fingerprint density at radius 1 is 1.25 bits per heavy atom. The first-order valence-electron chi connectivity index (χ1n) is 9.43. The number of piperidine rings is 1. The average Bonchev–Trinajstić information content (AvgIpc) is 3.09. The summed E-state index contributed by atoms with van der Waals surface area (Å²) in [5, 5.41) is 22.1. The van der Waals surface area contributed by atoms with Crippen molar-refractivity contribution in [3.8, 4) is 11.5 Å². The van der Waals surface area contributed by atoms with Crippen LogP contribution in [0, 0.1) is 5.41 Å². The van der Waals surface area contributed by atoms with E-state index in [1.54, 1.807) is 19.1 Å². The highest BCUT2D eigenvalue weighted by Crippen LogP contribution is 2.53. The van der Waals surface area contributed by atoms with Gasteiger partial charge in [-0.05, 0) is 50.2 Å². The van der Waals surface area contributed by atoms with E-state index in [2.05, 4.69) is 30.9 Å². The number of hydrogen-bond donors (Lipinski definition) is 2. The largest absolute Gasteiger partial charge is 0.403 e. The number of nitrogens with one attached hydrogen (secondary N) is 2. The fourth-order valence-corrected chi connectivity index (χ4v) is 4.12. The van der Waals surface area contributed by atoms with Crippen molar-refractivity contribution in [2.45, 2.75) is 38.6 Å². The van der Waals surface area contributed by atoms with E-state index in [9.17, 15) is 4.79 Å². The zero-order valence-electron chi connectivity index (χ0n) is 15.4. The summed E-state index contributed by atoms with van der Waals surface area (Å²) in [6.07, 6.45) is 4.84. The molecule has 2 fully saturated rings. The molecule has 0 bridgehead atoms. The third-order valence-corrected chi connectivity index (χ3v) is 6.21. The Bertz CT molecular complexity index is 1030. The van der Waals surface area contributed by atoms with Gasteiger partial charge < -0.3 is 14.6 Å². The molecule has 1 aliphatic carbocycles. The van der Waals surface area contributed by atoms with Crippen LogP contribution in [0.15, 0.2) is 16.5 Å². The lowest BCUT2D eigenvalue weighted by Gasteiger charge is -2.33. The van der Waals surface area contributed by atoms with Crippen LogP contribution in [0.1, 0.15) is 32.6 Å². The highest BCUT2D eigenvalue weighted by Gasteiger charge is 2.45. The van der Waals surface area contributed by atoms with Crippen LogP contribution in [0.3, 0.4) is 0 Å². The van der Waals surface area contributed by atoms with E-state index in [1.807, 2.05) is 4.90 Å². The summed E-state index contributed by atoms with van der Waals surface area (Å²) in [7, 11) is 0. The molecule has 5 rings (SSSR count). The number of rotatable bonds is 4. The first kappa shape index (κ1) is 17.4. The van der Waals surface area contributed by atoms with Gasteiger partial charge in [0.05, 0.1) is 16.1 Å². The minimum atomic E-state index is -0.457. The van der Waals surface area contributed by atoms with Gasteiger partial charge >= 0.3 is 6.01 Å². The number of aromatic nitrogens is 5. The van der Waals surface area contributed by atoms with E-state index < -0.39 is 6.04 Å². The number of aromatic amines is 1. The maximum Gasteiger partial charge on any atom is 0.316 e. The number of likely N-dealkylation sites (tertiary alicyclic amines) is 1. The smallest absolute Gasteiger partial charge is 0.316 e. The summed E-state index contributed by atoms with van der Waals surface area (Å²) < 4.78 is 5.72. The Morgan fingerprint density at radius 2 is 2.04 bits per heavy atom. The van der Waals surface area contributed by atoms with Gasteiger partial charge in [0.2, 0.25) is 5.91 Å². The highest BCUT2D eigenvalue weighted by atomic mass is 35.5. The molecule has 3 aromatic rings. The van der Waals surface area contributed by atoms with Gasteiger partial charge in [0, 0.05) is 13.1 Å². The molecule has 1 spiro atoms. The van der Waals surface area contributed by atoms with E-state index >= 15 is 0 Å². The number of anilines is 1. The molecule has 1 aliphatic heterocycles. The fraction of sp³-hybridized carbons (Fsp3) is 0.500. The van der Waals surface area contributed by atoms with Crippen LogP contribution in [0.4, 0.5) is 6.01 Å². The third-order valence-electron chi connectivity index (χ3n) is 5.89. The van der Waals surface area contributed by atoms with E-state index in [1.165, 1.54) is 12.8 Å². The highest BCUT2D eigenvalue weighted by molar-refractivity contribution is 6.34. The quantitative estimate of drug-likeness (QED) is 0.691. The zero-order valence-corrected chi connectivity index (χ0v) is 16.2. The van der Waals surface area contributed by atoms with Crippen molar-refractivity contribution in [3.63, 3.8) is 0 Å². The second-order valence-electron chi connectivity index (χ2n) is 7.73. The van der Waals surface area contributed by atoms with Crippen LogP contribution in [0.5, 0.6) is 0 Å². The number of H-pyrrole nitrogens is 1. The SMILES string of the molecule is C[C@@H](Nc1nnc(-c2c(Cl)ccc3nn[nH]c23)o1)C(=O)N1CCC2(CC1)CC2. The van der Waals surface area contributed by atoms with Crippen LogP contribution >= 0.6 is 11.6 Å². The second kappa shape index (κ2) is 6.44. The molecule has 10 heteroatoms. The minimum absolute atomic E-state index is 0.0492. The molecule has 0 unspecified atom stereocenters. The number of carbonyl (C=O) groups is 1. The van der Waals surface area contributed by atoms with Crippen molar-refractivity contribution in [2.24, 2.45) is 5.41 Å². The van der Waals surface area contributed by atoms with Crippen molar-refractivity contribution in [2.75, 3.05) is 18.4 Å². The van der Waals surface area contributed by atoms with Crippen LogP contribution in [0.25, 0.3) is 22.5 Å². The van der Waals surface area contributed by atoms with Gasteiger partial charge in [-0.1, -0.05) is 21.9 Å². The van der Waals surface area contributed by atoms with Crippen LogP contribution in [-0.2, 0) is 4.79 Å². The molecule has 1 saturated heterocycles. The Balaban J connectivity index is 1.30. The summed E-state index contributed by atoms with van der Waals surface area (Å²) in [4.78, 5) is 14.7. The molecule has 1 saturated carbocycles. The number of benzene rings is 1. The molecule has 3 heterocycles. The average molecular weight is 402 g/mol. The van der Waals surface area contributed by atoms with Gasteiger partial charge in [-0.2, -0.15) is 0 Å². The topological polar surface area (TPSA) is 113 Å². The van der Waals surface area contributed by atoms with Crippen molar-refractivity contribution in [1.29, 1.82) is 0 Å². The predicted molar refractivity (Wildman–Crippen MR) is 103 cm³/mol. The number of nitrogens with zero attached hydrogens (tertiary/aromatic N) is 5. The molecule has 1 atom stereocenters. The van der Waals surface area contributed by atoms with Gasteiger partial charge in [-0.3, -0.25) is 9.89 Å². The van der Waals surface area contributed by atoms with Gasteiger partial charge in [0.1, 0.15) is 11.6 Å². The Labute approximate surface area is 165 Å². The Kier molecular flexibility index (Phi) is 4.01. The fourth-order valence-electron chi connectivity index (χ4n) is 3.88. The number of carbonyl (C=O) groups excluding carboxylic acids is 1. The van der Waals surface area contributed by atoms with Crippen LogP contribution in [-0.4, -0.2) is 55.5 Å². The second-order valence-corrected chi connectivity index (χ2v) is 8.14. The van der Waals surface area contributed by atoms with E-state index in [0.29, 0.717) is 27.0 Å².